The largest absolute Gasteiger partial charge is 0.368 e. The Hall–Kier alpha value is -0.610. The van der Waals surface area contributed by atoms with E-state index in [4.69, 9.17) is 5.73 Å². The molecular weight excluding hydrogens is 214 g/mol. The standard InChI is InChI=1S/C13H27N3O/c1-13(2,3)10-5-7-16(8-6-10)9-11(15-4)12(14)17/h10-11,15H,5-9H2,1-4H3,(H2,14,17). The van der Waals surface area contributed by atoms with Crippen molar-refractivity contribution < 1.29 is 4.79 Å². The van der Waals surface area contributed by atoms with Gasteiger partial charge in [0.05, 0.1) is 6.04 Å². The molecule has 1 aliphatic heterocycles. The maximum Gasteiger partial charge on any atom is 0.235 e. The zero-order valence-corrected chi connectivity index (χ0v) is 11.6. The van der Waals surface area contributed by atoms with Crippen molar-refractivity contribution in [3.8, 4) is 0 Å². The Morgan fingerprint density at radius 3 is 2.29 bits per heavy atom. The monoisotopic (exact) mass is 241 g/mol. The molecule has 1 saturated heterocycles. The summed E-state index contributed by atoms with van der Waals surface area (Å²) in [6.07, 6.45) is 2.44. The highest BCUT2D eigenvalue weighted by Crippen LogP contribution is 2.34. The van der Waals surface area contributed by atoms with Crippen molar-refractivity contribution >= 4 is 5.91 Å². The number of nitrogens with two attached hydrogens (primary N) is 1. The van der Waals surface area contributed by atoms with Crippen LogP contribution in [-0.4, -0.2) is 43.5 Å². The van der Waals surface area contributed by atoms with E-state index >= 15 is 0 Å². The van der Waals surface area contributed by atoms with Gasteiger partial charge in [0.1, 0.15) is 0 Å². The fraction of sp³-hybridized carbons (Fsp3) is 0.923. The Bertz CT molecular complexity index is 252. The van der Waals surface area contributed by atoms with Crippen LogP contribution in [0.25, 0.3) is 0 Å². The van der Waals surface area contributed by atoms with Gasteiger partial charge in [-0.1, -0.05) is 20.8 Å². The average molecular weight is 241 g/mol. The van der Waals surface area contributed by atoms with E-state index < -0.39 is 0 Å². The van der Waals surface area contributed by atoms with Gasteiger partial charge < -0.3 is 16.0 Å². The number of likely N-dealkylation sites (tertiary alicyclic amines) is 1. The number of nitrogens with zero attached hydrogens (tertiary/aromatic N) is 1. The van der Waals surface area contributed by atoms with Crippen molar-refractivity contribution in [2.24, 2.45) is 17.1 Å². The summed E-state index contributed by atoms with van der Waals surface area (Å²) in [5, 5.41) is 2.97. The molecule has 0 aliphatic carbocycles. The van der Waals surface area contributed by atoms with Crippen LogP contribution in [-0.2, 0) is 4.79 Å². The molecular formula is C13H27N3O. The maximum absolute atomic E-state index is 11.2. The van der Waals surface area contributed by atoms with E-state index in [1.165, 1.54) is 12.8 Å². The minimum absolute atomic E-state index is 0.221. The number of hydrogen-bond donors (Lipinski definition) is 2. The lowest BCUT2D eigenvalue weighted by Crippen LogP contribution is -2.50. The van der Waals surface area contributed by atoms with Crippen LogP contribution in [0, 0.1) is 11.3 Å². The van der Waals surface area contributed by atoms with E-state index in [-0.39, 0.29) is 11.9 Å². The molecule has 17 heavy (non-hydrogen) atoms. The molecule has 100 valence electrons. The van der Waals surface area contributed by atoms with Gasteiger partial charge >= 0.3 is 0 Å². The summed E-state index contributed by atoms with van der Waals surface area (Å²) >= 11 is 0. The lowest BCUT2D eigenvalue weighted by molar-refractivity contribution is -0.120. The molecule has 1 aliphatic rings. The molecule has 1 fully saturated rings. The molecule has 4 nitrogen and oxygen atoms in total. The number of amides is 1. The number of primary amides is 1. The van der Waals surface area contributed by atoms with E-state index in [1.54, 1.807) is 7.05 Å². The smallest absolute Gasteiger partial charge is 0.235 e. The molecule has 0 bridgehead atoms. The van der Waals surface area contributed by atoms with Gasteiger partial charge in [0, 0.05) is 6.54 Å². The fourth-order valence-corrected chi connectivity index (χ4v) is 2.56. The normalized spacial score (nSPS) is 21.4. The van der Waals surface area contributed by atoms with E-state index in [9.17, 15) is 4.79 Å². The van der Waals surface area contributed by atoms with Crippen LogP contribution in [0.5, 0.6) is 0 Å². The minimum Gasteiger partial charge on any atom is -0.368 e. The van der Waals surface area contributed by atoms with Crippen LogP contribution in [0.15, 0.2) is 0 Å². The number of hydrogen-bond acceptors (Lipinski definition) is 3. The zero-order chi connectivity index (χ0) is 13.1. The van der Waals surface area contributed by atoms with Gasteiger partial charge in [-0.2, -0.15) is 0 Å². The third-order valence-corrected chi connectivity index (χ3v) is 3.95. The molecule has 0 aromatic heterocycles. The molecule has 4 heteroatoms. The Balaban J connectivity index is 2.39. The Labute approximate surface area is 105 Å². The highest BCUT2D eigenvalue weighted by molar-refractivity contribution is 5.80. The topological polar surface area (TPSA) is 58.4 Å². The Kier molecular flexibility index (Phi) is 4.95. The summed E-state index contributed by atoms with van der Waals surface area (Å²) in [4.78, 5) is 13.5. The second kappa shape index (κ2) is 5.83. The number of carbonyl (C=O) groups is 1. The molecule has 0 radical (unpaired) electrons. The van der Waals surface area contributed by atoms with Crippen molar-refractivity contribution in [1.29, 1.82) is 0 Å². The summed E-state index contributed by atoms with van der Waals surface area (Å²) in [5.41, 5.74) is 5.73. The molecule has 1 rings (SSSR count). The van der Waals surface area contributed by atoms with Crippen LogP contribution in [0.4, 0.5) is 0 Å². The molecule has 0 aromatic carbocycles. The van der Waals surface area contributed by atoms with Crippen LogP contribution >= 0.6 is 0 Å². The van der Waals surface area contributed by atoms with E-state index in [0.29, 0.717) is 5.41 Å². The summed E-state index contributed by atoms with van der Waals surface area (Å²) in [6.45, 7) is 9.83. The van der Waals surface area contributed by atoms with Crippen molar-refractivity contribution in [2.45, 2.75) is 39.7 Å². The van der Waals surface area contributed by atoms with Gasteiger partial charge in [0.25, 0.3) is 0 Å². The van der Waals surface area contributed by atoms with Gasteiger partial charge in [-0.05, 0) is 44.3 Å². The minimum atomic E-state index is -0.259. The Morgan fingerprint density at radius 1 is 1.41 bits per heavy atom. The summed E-state index contributed by atoms with van der Waals surface area (Å²) in [7, 11) is 1.79. The molecule has 0 spiro atoms. The van der Waals surface area contributed by atoms with Crippen molar-refractivity contribution in [3.05, 3.63) is 0 Å². The van der Waals surface area contributed by atoms with Crippen molar-refractivity contribution in [3.63, 3.8) is 0 Å². The number of piperidine rings is 1. The fourth-order valence-electron chi connectivity index (χ4n) is 2.56. The van der Waals surface area contributed by atoms with Crippen LogP contribution in [0.1, 0.15) is 33.6 Å². The van der Waals surface area contributed by atoms with Gasteiger partial charge in [0.15, 0.2) is 0 Å². The molecule has 1 heterocycles. The number of carbonyl (C=O) groups excluding carboxylic acids is 1. The molecule has 1 unspecified atom stereocenters. The lowest BCUT2D eigenvalue weighted by Gasteiger charge is -2.39. The van der Waals surface area contributed by atoms with Gasteiger partial charge in [0.2, 0.25) is 5.91 Å². The van der Waals surface area contributed by atoms with Crippen LogP contribution < -0.4 is 11.1 Å². The Morgan fingerprint density at radius 2 is 1.94 bits per heavy atom. The van der Waals surface area contributed by atoms with Crippen LogP contribution in [0.2, 0.25) is 0 Å². The first-order valence-electron chi connectivity index (χ1n) is 6.53. The third-order valence-electron chi connectivity index (χ3n) is 3.95. The summed E-state index contributed by atoms with van der Waals surface area (Å²) in [5.74, 6) is 0.533. The summed E-state index contributed by atoms with van der Waals surface area (Å²) < 4.78 is 0. The van der Waals surface area contributed by atoms with Crippen molar-refractivity contribution in [2.75, 3.05) is 26.7 Å². The quantitative estimate of drug-likeness (QED) is 0.766. The molecule has 1 amide bonds. The summed E-state index contributed by atoms with van der Waals surface area (Å²) in [6, 6.07) is -0.221. The van der Waals surface area contributed by atoms with Gasteiger partial charge in [-0.25, -0.2) is 0 Å². The lowest BCUT2D eigenvalue weighted by atomic mass is 9.75. The second-order valence-electron chi connectivity index (χ2n) is 6.18. The van der Waals surface area contributed by atoms with Crippen LogP contribution in [0.3, 0.4) is 0 Å². The van der Waals surface area contributed by atoms with E-state index in [2.05, 4.69) is 31.0 Å². The molecule has 0 aromatic rings. The van der Waals surface area contributed by atoms with Gasteiger partial charge in [-0.15, -0.1) is 0 Å². The second-order valence-corrected chi connectivity index (χ2v) is 6.18. The highest BCUT2D eigenvalue weighted by Gasteiger charge is 2.29. The number of rotatable bonds is 4. The van der Waals surface area contributed by atoms with E-state index in [1.807, 2.05) is 0 Å². The molecule has 3 N–H and O–H groups in total. The SMILES string of the molecule is CNC(CN1CCC(C(C)(C)C)CC1)C(N)=O. The first kappa shape index (κ1) is 14.5. The highest BCUT2D eigenvalue weighted by atomic mass is 16.1. The third kappa shape index (κ3) is 4.28. The van der Waals surface area contributed by atoms with Crippen molar-refractivity contribution in [1.82, 2.24) is 10.2 Å². The predicted molar refractivity (Wildman–Crippen MR) is 70.7 cm³/mol. The number of nitrogens with one attached hydrogen (secondary N) is 1. The first-order valence-corrected chi connectivity index (χ1v) is 6.53. The number of likely N-dealkylation sites (N-methyl/N-ethyl adjacent to an activating group) is 1. The van der Waals surface area contributed by atoms with E-state index in [0.717, 1.165) is 25.6 Å². The molecule has 1 atom stereocenters. The maximum atomic E-state index is 11.2. The molecule has 0 saturated carbocycles. The average Bonchev–Trinajstić information content (AvgIpc) is 2.25. The van der Waals surface area contributed by atoms with Gasteiger partial charge in [-0.3, -0.25) is 4.79 Å². The first-order chi connectivity index (χ1) is 7.84. The zero-order valence-electron chi connectivity index (χ0n) is 11.6. The predicted octanol–water partition coefficient (Wildman–Crippen LogP) is 0.818.